The summed E-state index contributed by atoms with van der Waals surface area (Å²) in [5, 5.41) is 0. The number of hydrogen-bond acceptors (Lipinski definition) is 3. The molecule has 1 N–H and O–H groups in total. The topological polar surface area (TPSA) is 59.2 Å². The molecule has 0 aliphatic carbocycles. The Morgan fingerprint density at radius 3 is 2.50 bits per heavy atom. The van der Waals surface area contributed by atoms with Crippen molar-refractivity contribution in [1.82, 2.24) is 4.98 Å². The fraction of sp³-hybridized carbons (Fsp3) is 0.455. The molecule has 0 bridgehead atoms. The third kappa shape index (κ3) is 3.20. The number of carbonyl (C=O) groups excluding carboxylic acids is 1. The van der Waals surface area contributed by atoms with Crippen LogP contribution in [0.2, 0.25) is 0 Å². The smallest absolute Gasteiger partial charge is 0.355 e. The molecule has 0 radical (unpaired) electrons. The molecule has 1 aromatic heterocycles. The van der Waals surface area contributed by atoms with E-state index < -0.39 is 11.6 Å². The molecule has 0 saturated heterocycles. The summed E-state index contributed by atoms with van der Waals surface area (Å²) < 4.78 is 5.58. The van der Waals surface area contributed by atoms with Crippen LogP contribution in [0.5, 0.6) is 0 Å². The largest absolute Gasteiger partial charge is 0.455 e. The van der Waals surface area contributed by atoms with Crippen LogP contribution in [0.25, 0.3) is 0 Å². The fourth-order valence-electron chi connectivity index (χ4n) is 1.14. The average Bonchev–Trinajstić information content (AvgIpc) is 2.08. The summed E-state index contributed by atoms with van der Waals surface area (Å²) in [6, 6.07) is 1.60. The van der Waals surface area contributed by atoms with Crippen molar-refractivity contribution in [2.45, 2.75) is 33.3 Å². The first-order valence-electron chi connectivity index (χ1n) is 4.83. The number of esters is 1. The zero-order valence-corrected chi connectivity index (χ0v) is 11.3. The van der Waals surface area contributed by atoms with Gasteiger partial charge in [-0.1, -0.05) is 0 Å². The van der Waals surface area contributed by atoms with Crippen LogP contribution in [0.4, 0.5) is 0 Å². The van der Waals surface area contributed by atoms with Gasteiger partial charge in [0.25, 0.3) is 5.56 Å². The van der Waals surface area contributed by atoms with E-state index in [4.69, 9.17) is 4.74 Å². The zero-order chi connectivity index (χ0) is 12.5. The lowest BCUT2D eigenvalue weighted by Crippen LogP contribution is -2.26. The molecule has 1 heterocycles. The lowest BCUT2D eigenvalue weighted by atomic mass is 10.2. The van der Waals surface area contributed by atoms with E-state index in [9.17, 15) is 9.59 Å². The first-order chi connectivity index (χ1) is 7.20. The molecular weight excluding hydrogens is 274 g/mol. The van der Waals surface area contributed by atoms with E-state index in [0.29, 0.717) is 10.0 Å². The van der Waals surface area contributed by atoms with Crippen molar-refractivity contribution in [2.24, 2.45) is 0 Å². The first kappa shape index (κ1) is 13.0. The molecule has 0 spiro atoms. The second-order valence-corrected chi connectivity index (χ2v) is 5.36. The third-order valence-corrected chi connectivity index (χ3v) is 2.39. The Hall–Kier alpha value is -1.10. The molecular formula is C11H14BrNO3. The maximum atomic E-state index is 11.7. The van der Waals surface area contributed by atoms with Crippen LogP contribution < -0.4 is 5.56 Å². The minimum atomic E-state index is -0.576. The summed E-state index contributed by atoms with van der Waals surface area (Å²) in [6.45, 7) is 7.06. The third-order valence-electron chi connectivity index (χ3n) is 1.80. The second kappa shape index (κ2) is 4.41. The lowest BCUT2D eigenvalue weighted by Gasteiger charge is -2.19. The van der Waals surface area contributed by atoms with Gasteiger partial charge in [-0.3, -0.25) is 4.79 Å². The molecule has 1 rings (SSSR count). The van der Waals surface area contributed by atoms with Crippen molar-refractivity contribution in [3.8, 4) is 0 Å². The van der Waals surface area contributed by atoms with Gasteiger partial charge in [0.15, 0.2) is 0 Å². The van der Waals surface area contributed by atoms with Crippen LogP contribution in [0.1, 0.15) is 36.8 Å². The van der Waals surface area contributed by atoms with Crippen LogP contribution >= 0.6 is 15.9 Å². The van der Waals surface area contributed by atoms with Gasteiger partial charge in [0.1, 0.15) is 11.3 Å². The van der Waals surface area contributed by atoms with Gasteiger partial charge in [-0.05, 0) is 55.3 Å². The Morgan fingerprint density at radius 2 is 2.00 bits per heavy atom. The molecule has 88 valence electrons. The normalized spacial score (nSPS) is 11.3. The monoisotopic (exact) mass is 287 g/mol. The van der Waals surface area contributed by atoms with E-state index in [2.05, 4.69) is 20.9 Å². The van der Waals surface area contributed by atoms with E-state index in [0.717, 1.165) is 0 Å². The quantitative estimate of drug-likeness (QED) is 0.807. The van der Waals surface area contributed by atoms with Crippen LogP contribution in [0.15, 0.2) is 15.3 Å². The maximum absolute atomic E-state index is 11.7. The minimum absolute atomic E-state index is 0.197. The summed E-state index contributed by atoms with van der Waals surface area (Å²) in [7, 11) is 0. The summed E-state index contributed by atoms with van der Waals surface area (Å²) in [6.07, 6.45) is 0. The van der Waals surface area contributed by atoms with Crippen molar-refractivity contribution in [3.05, 3.63) is 32.2 Å². The van der Waals surface area contributed by atoms with Crippen LogP contribution in [0.3, 0.4) is 0 Å². The Bertz CT molecular complexity index is 471. The number of carbonyl (C=O) groups is 1. The molecule has 0 amide bonds. The summed E-state index contributed by atoms with van der Waals surface area (Å²) >= 11 is 3.09. The van der Waals surface area contributed by atoms with Gasteiger partial charge in [0.05, 0.1) is 4.47 Å². The van der Waals surface area contributed by atoms with E-state index >= 15 is 0 Å². The highest BCUT2D eigenvalue weighted by Crippen LogP contribution is 2.14. The van der Waals surface area contributed by atoms with Gasteiger partial charge in [-0.15, -0.1) is 0 Å². The number of aryl methyl sites for hydroxylation is 1. The van der Waals surface area contributed by atoms with E-state index in [1.165, 1.54) is 0 Å². The molecule has 0 unspecified atom stereocenters. The Balaban J connectivity index is 3.10. The Morgan fingerprint density at radius 1 is 1.44 bits per heavy atom. The fourth-order valence-corrected chi connectivity index (χ4v) is 1.58. The molecule has 0 saturated carbocycles. The van der Waals surface area contributed by atoms with Crippen molar-refractivity contribution in [2.75, 3.05) is 0 Å². The van der Waals surface area contributed by atoms with Crippen molar-refractivity contribution < 1.29 is 9.53 Å². The van der Waals surface area contributed by atoms with Crippen LogP contribution in [-0.2, 0) is 4.74 Å². The standard InChI is InChI=1S/C11H14BrNO3/c1-6-5-7(12)9(14)13-8(6)10(15)16-11(2,3)4/h5H,1-4H3,(H,13,14). The molecule has 0 aromatic carbocycles. The van der Waals surface area contributed by atoms with Gasteiger partial charge in [0, 0.05) is 0 Å². The summed E-state index contributed by atoms with van der Waals surface area (Å²) in [4.78, 5) is 25.6. The Labute approximate surface area is 102 Å². The van der Waals surface area contributed by atoms with Gasteiger partial charge >= 0.3 is 5.97 Å². The molecule has 4 nitrogen and oxygen atoms in total. The average molecular weight is 288 g/mol. The predicted molar refractivity (Wildman–Crippen MR) is 64.7 cm³/mol. The number of ether oxygens (including phenoxy) is 1. The van der Waals surface area contributed by atoms with E-state index in [-0.39, 0.29) is 11.3 Å². The number of aromatic amines is 1. The Kier molecular flexibility index (Phi) is 3.57. The molecule has 0 atom stereocenters. The molecule has 5 heteroatoms. The highest BCUT2D eigenvalue weighted by molar-refractivity contribution is 9.10. The van der Waals surface area contributed by atoms with Crippen molar-refractivity contribution in [1.29, 1.82) is 0 Å². The number of H-pyrrole nitrogens is 1. The van der Waals surface area contributed by atoms with Gasteiger partial charge in [0.2, 0.25) is 0 Å². The van der Waals surface area contributed by atoms with Gasteiger partial charge < -0.3 is 9.72 Å². The number of halogens is 1. The zero-order valence-electron chi connectivity index (χ0n) is 9.68. The van der Waals surface area contributed by atoms with Crippen molar-refractivity contribution in [3.63, 3.8) is 0 Å². The van der Waals surface area contributed by atoms with Crippen molar-refractivity contribution >= 4 is 21.9 Å². The SMILES string of the molecule is Cc1cc(Br)c(=O)[nH]c1C(=O)OC(C)(C)C. The van der Waals surface area contributed by atoms with Gasteiger partial charge in [-0.25, -0.2) is 4.79 Å². The molecule has 0 aliphatic heterocycles. The molecule has 1 aromatic rings. The predicted octanol–water partition coefficient (Wildman–Crippen LogP) is 2.40. The number of hydrogen-bond donors (Lipinski definition) is 1. The highest BCUT2D eigenvalue weighted by Gasteiger charge is 2.20. The summed E-state index contributed by atoms with van der Waals surface area (Å²) in [5.74, 6) is -0.519. The lowest BCUT2D eigenvalue weighted by molar-refractivity contribution is 0.00616. The number of pyridine rings is 1. The molecule has 0 aliphatic rings. The van der Waals surface area contributed by atoms with Crippen LogP contribution in [-0.4, -0.2) is 16.6 Å². The number of rotatable bonds is 1. The maximum Gasteiger partial charge on any atom is 0.355 e. The molecule has 0 fully saturated rings. The minimum Gasteiger partial charge on any atom is -0.455 e. The first-order valence-corrected chi connectivity index (χ1v) is 5.63. The van der Waals surface area contributed by atoms with Crippen LogP contribution in [0, 0.1) is 6.92 Å². The van der Waals surface area contributed by atoms with Gasteiger partial charge in [-0.2, -0.15) is 0 Å². The van der Waals surface area contributed by atoms with E-state index in [1.54, 1.807) is 33.8 Å². The summed E-state index contributed by atoms with van der Waals surface area (Å²) in [5.41, 5.74) is -0.0525. The second-order valence-electron chi connectivity index (χ2n) is 4.51. The number of aromatic nitrogens is 1. The highest BCUT2D eigenvalue weighted by atomic mass is 79.9. The molecule has 16 heavy (non-hydrogen) atoms. The number of nitrogens with one attached hydrogen (secondary N) is 1. The van der Waals surface area contributed by atoms with E-state index in [1.807, 2.05) is 0 Å².